The standard InChI is InChI=1S/C21H32BN3O4.ClH/c1-29-21-11-8-20(9-12-21,10-13-21)17-6-4-16(5-7-17)19(26)25-18(22(27)28)3-2-14-24-15-23;/h4-7,15,18,27-28H,2-3,8-14H2,1H3,(H2,23,24)(H,25,26);1H/t18-,20?,21?;/m0./s1. The number of fused-ring (bicyclic) bond motifs is 3. The zero-order valence-corrected chi connectivity index (χ0v) is 18.4. The number of carbonyl (C=O) groups is 1. The molecule has 9 heteroatoms. The first kappa shape index (κ1) is 24.7. The smallest absolute Gasteiger partial charge is 0.426 e. The first-order valence-electron chi connectivity index (χ1n) is 10.5. The highest BCUT2D eigenvalue weighted by Crippen LogP contribution is 2.54. The maximum atomic E-state index is 12.6. The van der Waals surface area contributed by atoms with E-state index in [1.54, 1.807) is 0 Å². The van der Waals surface area contributed by atoms with Gasteiger partial charge in [0.2, 0.25) is 0 Å². The van der Waals surface area contributed by atoms with Crippen LogP contribution in [0, 0.1) is 0 Å². The minimum atomic E-state index is -1.62. The number of carbonyl (C=O) groups excluding carboxylic acids is 1. The molecule has 0 aromatic heterocycles. The predicted molar refractivity (Wildman–Crippen MR) is 121 cm³/mol. The van der Waals surface area contributed by atoms with Gasteiger partial charge in [-0.3, -0.25) is 9.79 Å². The van der Waals surface area contributed by atoms with Crippen molar-refractivity contribution in [2.45, 2.75) is 68.3 Å². The van der Waals surface area contributed by atoms with E-state index in [-0.39, 0.29) is 29.3 Å². The number of methoxy groups -OCH3 is 1. The lowest BCUT2D eigenvalue weighted by atomic mass is 9.56. The van der Waals surface area contributed by atoms with Crippen LogP contribution in [0.1, 0.15) is 67.3 Å². The van der Waals surface area contributed by atoms with Crippen molar-refractivity contribution < 1.29 is 19.6 Å². The average Bonchev–Trinajstić information content (AvgIpc) is 2.77. The van der Waals surface area contributed by atoms with Gasteiger partial charge >= 0.3 is 7.12 Å². The molecule has 7 nitrogen and oxygen atoms in total. The molecule has 3 aliphatic rings. The maximum Gasteiger partial charge on any atom is 0.475 e. The zero-order chi connectivity index (χ0) is 20.9. The summed E-state index contributed by atoms with van der Waals surface area (Å²) in [7, 11) is 0.206. The number of nitrogens with two attached hydrogens (primary N) is 1. The van der Waals surface area contributed by atoms with E-state index in [2.05, 4.69) is 22.4 Å². The Labute approximate surface area is 185 Å². The van der Waals surface area contributed by atoms with Gasteiger partial charge in [-0.1, -0.05) is 12.1 Å². The molecular weight excluding hydrogens is 405 g/mol. The summed E-state index contributed by atoms with van der Waals surface area (Å²) in [4.78, 5) is 16.5. The molecule has 0 saturated heterocycles. The Bertz CT molecular complexity index is 705. The fourth-order valence-electron chi connectivity index (χ4n) is 4.89. The van der Waals surface area contributed by atoms with Crippen LogP contribution in [0.2, 0.25) is 0 Å². The molecule has 2 bridgehead atoms. The number of ether oxygens (including phenoxy) is 1. The largest absolute Gasteiger partial charge is 0.475 e. The quantitative estimate of drug-likeness (QED) is 0.204. The summed E-state index contributed by atoms with van der Waals surface area (Å²) in [6, 6.07) is 7.79. The second kappa shape index (κ2) is 10.6. The van der Waals surface area contributed by atoms with Crippen LogP contribution in [0.25, 0.3) is 0 Å². The number of nitrogens with zero attached hydrogens (tertiary/aromatic N) is 1. The highest BCUT2D eigenvalue weighted by molar-refractivity contribution is 6.43. The molecule has 1 amide bonds. The molecule has 4 rings (SSSR count). The minimum absolute atomic E-state index is 0. The molecule has 3 aliphatic carbocycles. The first-order chi connectivity index (χ1) is 13.9. The van der Waals surface area contributed by atoms with Gasteiger partial charge in [0.15, 0.2) is 0 Å². The van der Waals surface area contributed by atoms with E-state index in [9.17, 15) is 14.8 Å². The second-order valence-corrected chi connectivity index (χ2v) is 8.44. The molecule has 0 unspecified atom stereocenters. The molecule has 3 saturated carbocycles. The summed E-state index contributed by atoms with van der Waals surface area (Å²) in [6.45, 7) is 0.483. The molecule has 1 aromatic carbocycles. The molecule has 0 spiro atoms. The molecule has 0 radical (unpaired) electrons. The summed E-state index contributed by atoms with van der Waals surface area (Å²) < 4.78 is 5.79. The molecule has 1 atom stereocenters. The first-order valence-corrected chi connectivity index (χ1v) is 10.5. The van der Waals surface area contributed by atoms with E-state index in [1.165, 1.54) is 11.9 Å². The molecular formula is C21H33BClN3O4. The van der Waals surface area contributed by atoms with Gasteiger partial charge in [-0.05, 0) is 74.5 Å². The topological polar surface area (TPSA) is 117 Å². The molecule has 0 aliphatic heterocycles. The van der Waals surface area contributed by atoms with Crippen molar-refractivity contribution in [2.75, 3.05) is 13.7 Å². The van der Waals surface area contributed by atoms with Crippen molar-refractivity contribution in [1.29, 1.82) is 0 Å². The monoisotopic (exact) mass is 437 g/mol. The number of aliphatic imine (C=N–C) groups is 1. The number of amides is 1. The third-order valence-corrected chi connectivity index (χ3v) is 6.95. The lowest BCUT2D eigenvalue weighted by molar-refractivity contribution is -0.0955. The maximum absolute atomic E-state index is 12.6. The van der Waals surface area contributed by atoms with Crippen LogP contribution < -0.4 is 11.1 Å². The van der Waals surface area contributed by atoms with Crippen LogP contribution in [0.3, 0.4) is 0 Å². The van der Waals surface area contributed by atoms with Crippen molar-refractivity contribution >= 4 is 31.8 Å². The van der Waals surface area contributed by atoms with Gasteiger partial charge in [0, 0.05) is 19.2 Å². The minimum Gasteiger partial charge on any atom is -0.426 e. The van der Waals surface area contributed by atoms with E-state index >= 15 is 0 Å². The Morgan fingerprint density at radius 1 is 1.23 bits per heavy atom. The van der Waals surface area contributed by atoms with Crippen LogP contribution in [0.4, 0.5) is 0 Å². The Kier molecular flexibility index (Phi) is 8.73. The van der Waals surface area contributed by atoms with E-state index < -0.39 is 13.1 Å². The highest BCUT2D eigenvalue weighted by Gasteiger charge is 2.49. The summed E-state index contributed by atoms with van der Waals surface area (Å²) in [6.07, 6.45) is 8.87. The lowest BCUT2D eigenvalue weighted by Gasteiger charge is -2.53. The second-order valence-electron chi connectivity index (χ2n) is 8.44. The number of halogens is 1. The SMILES string of the molecule is COC12CCC(c3ccc(C(=O)N[C@@H](CCCN=CN)B(O)O)cc3)(CC1)CC2.Cl. The van der Waals surface area contributed by atoms with E-state index in [4.69, 9.17) is 10.5 Å². The number of rotatable bonds is 9. The Morgan fingerprint density at radius 2 is 1.83 bits per heavy atom. The Balaban J connectivity index is 0.00000320. The normalized spacial score (nSPS) is 26.2. The van der Waals surface area contributed by atoms with Crippen molar-refractivity contribution in [1.82, 2.24) is 5.32 Å². The lowest BCUT2D eigenvalue weighted by Crippen LogP contribution is -2.49. The van der Waals surface area contributed by atoms with Crippen molar-refractivity contribution in [3.63, 3.8) is 0 Å². The molecule has 5 N–H and O–H groups in total. The van der Waals surface area contributed by atoms with E-state index in [0.29, 0.717) is 24.9 Å². The van der Waals surface area contributed by atoms with Crippen LogP contribution in [-0.2, 0) is 10.2 Å². The number of hydrogen-bond acceptors (Lipinski definition) is 5. The summed E-state index contributed by atoms with van der Waals surface area (Å²) in [5, 5.41) is 21.8. The third kappa shape index (κ3) is 5.35. The van der Waals surface area contributed by atoms with Crippen LogP contribution in [0.5, 0.6) is 0 Å². The molecule has 0 heterocycles. The molecule has 166 valence electrons. The number of nitrogens with one attached hydrogen (secondary N) is 1. The van der Waals surface area contributed by atoms with Gasteiger partial charge in [-0.2, -0.15) is 0 Å². The fraction of sp³-hybridized carbons (Fsp3) is 0.619. The molecule has 3 fully saturated rings. The Hall–Kier alpha value is -1.61. The van der Waals surface area contributed by atoms with E-state index in [1.807, 2.05) is 19.2 Å². The van der Waals surface area contributed by atoms with Crippen LogP contribution >= 0.6 is 12.4 Å². The number of hydrogen-bond donors (Lipinski definition) is 4. The molecule has 30 heavy (non-hydrogen) atoms. The van der Waals surface area contributed by atoms with Gasteiger partial charge in [0.1, 0.15) is 0 Å². The van der Waals surface area contributed by atoms with Crippen molar-refractivity contribution in [3.05, 3.63) is 35.4 Å². The van der Waals surface area contributed by atoms with E-state index in [0.717, 1.165) is 38.5 Å². The van der Waals surface area contributed by atoms with Gasteiger partial charge < -0.3 is 25.8 Å². The van der Waals surface area contributed by atoms with Crippen molar-refractivity contribution in [3.8, 4) is 0 Å². The van der Waals surface area contributed by atoms with Gasteiger partial charge in [0.25, 0.3) is 5.91 Å². The summed E-state index contributed by atoms with van der Waals surface area (Å²) >= 11 is 0. The highest BCUT2D eigenvalue weighted by atomic mass is 35.5. The average molecular weight is 438 g/mol. The zero-order valence-electron chi connectivity index (χ0n) is 17.5. The van der Waals surface area contributed by atoms with Gasteiger partial charge in [0.05, 0.1) is 17.9 Å². The number of benzene rings is 1. The van der Waals surface area contributed by atoms with Gasteiger partial charge in [-0.15, -0.1) is 12.4 Å². The predicted octanol–water partition coefficient (Wildman–Crippen LogP) is 1.98. The summed E-state index contributed by atoms with van der Waals surface area (Å²) in [5.41, 5.74) is 7.29. The van der Waals surface area contributed by atoms with Crippen LogP contribution in [-0.4, -0.2) is 54.6 Å². The summed E-state index contributed by atoms with van der Waals surface area (Å²) in [5.74, 6) is -1.05. The van der Waals surface area contributed by atoms with Crippen LogP contribution in [0.15, 0.2) is 29.3 Å². The van der Waals surface area contributed by atoms with Crippen molar-refractivity contribution in [2.24, 2.45) is 10.7 Å². The fourth-order valence-corrected chi connectivity index (χ4v) is 4.89. The van der Waals surface area contributed by atoms with Gasteiger partial charge in [-0.25, -0.2) is 0 Å². The third-order valence-electron chi connectivity index (χ3n) is 6.95. The molecule has 1 aromatic rings. The Morgan fingerprint density at radius 3 is 2.33 bits per heavy atom.